The van der Waals surface area contributed by atoms with Crippen LogP contribution >= 0.6 is 11.6 Å². The first-order chi connectivity index (χ1) is 9.31. The van der Waals surface area contributed by atoms with Gasteiger partial charge in [-0.15, -0.1) is 0 Å². The molecule has 1 aromatic carbocycles. The molecule has 3 heteroatoms. The van der Waals surface area contributed by atoms with E-state index in [0.29, 0.717) is 6.04 Å². The van der Waals surface area contributed by atoms with Crippen LogP contribution in [0.5, 0.6) is 0 Å². The van der Waals surface area contributed by atoms with Gasteiger partial charge < -0.3 is 5.32 Å². The molecule has 1 aromatic rings. The van der Waals surface area contributed by atoms with Gasteiger partial charge in [-0.25, -0.2) is 0 Å². The van der Waals surface area contributed by atoms with Crippen LogP contribution in [0.15, 0.2) is 24.3 Å². The number of halogens is 1. The Morgan fingerprint density at radius 2 is 2.05 bits per heavy atom. The molecule has 1 atom stereocenters. The zero-order chi connectivity index (χ0) is 13.5. The van der Waals surface area contributed by atoms with E-state index in [9.17, 15) is 0 Å². The first-order valence-electron chi connectivity index (χ1n) is 7.51. The maximum atomic E-state index is 6.16. The monoisotopic (exact) mass is 280 g/mol. The minimum atomic E-state index is 0.535. The Kier molecular flexibility index (Phi) is 6.15. The van der Waals surface area contributed by atoms with Gasteiger partial charge in [0.1, 0.15) is 0 Å². The van der Waals surface area contributed by atoms with Crippen molar-refractivity contribution in [1.82, 2.24) is 10.2 Å². The third kappa shape index (κ3) is 4.48. The van der Waals surface area contributed by atoms with Crippen molar-refractivity contribution in [3.05, 3.63) is 34.9 Å². The van der Waals surface area contributed by atoms with Crippen LogP contribution in [0.1, 0.15) is 44.2 Å². The van der Waals surface area contributed by atoms with Gasteiger partial charge in [-0.3, -0.25) is 4.90 Å². The number of piperazine rings is 1. The van der Waals surface area contributed by atoms with Crippen LogP contribution in [-0.4, -0.2) is 31.1 Å². The number of hydrogen-bond acceptors (Lipinski definition) is 2. The van der Waals surface area contributed by atoms with Crippen LogP contribution in [0.2, 0.25) is 5.02 Å². The first kappa shape index (κ1) is 14.8. The molecule has 19 heavy (non-hydrogen) atoms. The summed E-state index contributed by atoms with van der Waals surface area (Å²) < 4.78 is 0. The number of rotatable bonds is 6. The lowest BCUT2D eigenvalue weighted by molar-refractivity contribution is 0.163. The van der Waals surface area contributed by atoms with Gasteiger partial charge in [0.15, 0.2) is 0 Å². The molecule has 0 bridgehead atoms. The Hall–Kier alpha value is -0.570. The lowest BCUT2D eigenvalue weighted by Gasteiger charge is -2.35. The Morgan fingerprint density at radius 3 is 2.74 bits per heavy atom. The molecule has 0 spiro atoms. The van der Waals surface area contributed by atoms with E-state index in [4.69, 9.17) is 11.6 Å². The highest BCUT2D eigenvalue weighted by Crippen LogP contribution is 2.28. The molecular formula is C16H25ClN2. The van der Waals surface area contributed by atoms with Gasteiger partial charge in [0.05, 0.1) is 0 Å². The Bertz CT molecular complexity index is 375. The molecule has 1 heterocycles. The van der Waals surface area contributed by atoms with Crippen molar-refractivity contribution in [2.45, 2.75) is 38.6 Å². The molecule has 1 saturated heterocycles. The second-order valence-electron chi connectivity index (χ2n) is 5.35. The molecule has 0 aliphatic carbocycles. The lowest BCUT2D eigenvalue weighted by atomic mass is 9.98. The van der Waals surface area contributed by atoms with Crippen molar-refractivity contribution in [2.24, 2.45) is 0 Å². The molecule has 0 amide bonds. The van der Waals surface area contributed by atoms with Crippen LogP contribution in [-0.2, 0) is 0 Å². The average molecular weight is 281 g/mol. The molecule has 1 fully saturated rings. The highest BCUT2D eigenvalue weighted by atomic mass is 35.5. The molecule has 1 aliphatic rings. The molecule has 2 nitrogen and oxygen atoms in total. The fourth-order valence-electron chi connectivity index (χ4n) is 2.86. The summed E-state index contributed by atoms with van der Waals surface area (Å²) in [6.45, 7) is 6.75. The van der Waals surface area contributed by atoms with E-state index < -0.39 is 0 Å². The summed E-state index contributed by atoms with van der Waals surface area (Å²) in [6.07, 6.45) is 5.15. The first-order valence-corrected chi connectivity index (χ1v) is 7.89. The van der Waals surface area contributed by atoms with E-state index >= 15 is 0 Å². The van der Waals surface area contributed by atoms with Gasteiger partial charge in [-0.2, -0.15) is 0 Å². The quantitative estimate of drug-likeness (QED) is 0.796. The lowest BCUT2D eigenvalue weighted by Crippen LogP contribution is -2.45. The van der Waals surface area contributed by atoms with Crippen molar-refractivity contribution >= 4 is 11.6 Å². The molecule has 0 radical (unpaired) electrons. The fraction of sp³-hybridized carbons (Fsp3) is 0.625. The summed E-state index contributed by atoms with van der Waals surface area (Å²) in [6, 6.07) is 8.94. The SMILES string of the molecule is CCCCC[C@@H](c1cccc(Cl)c1)N1CCNCC1. The van der Waals surface area contributed by atoms with Crippen molar-refractivity contribution in [3.63, 3.8) is 0 Å². The Labute approximate surface area is 122 Å². The molecule has 0 aromatic heterocycles. The van der Waals surface area contributed by atoms with Gasteiger partial charge in [0, 0.05) is 37.2 Å². The number of unbranched alkanes of at least 4 members (excludes halogenated alkanes) is 2. The summed E-state index contributed by atoms with van der Waals surface area (Å²) >= 11 is 6.16. The molecule has 2 rings (SSSR count). The van der Waals surface area contributed by atoms with Crippen molar-refractivity contribution in [3.8, 4) is 0 Å². The van der Waals surface area contributed by atoms with Crippen molar-refractivity contribution in [2.75, 3.05) is 26.2 Å². The number of benzene rings is 1. The molecule has 0 unspecified atom stereocenters. The van der Waals surface area contributed by atoms with Gasteiger partial charge in [-0.05, 0) is 24.1 Å². The average Bonchev–Trinajstić information content (AvgIpc) is 2.45. The zero-order valence-electron chi connectivity index (χ0n) is 11.9. The zero-order valence-corrected chi connectivity index (χ0v) is 12.6. The van der Waals surface area contributed by atoms with Gasteiger partial charge in [0.2, 0.25) is 0 Å². The fourth-order valence-corrected chi connectivity index (χ4v) is 3.05. The summed E-state index contributed by atoms with van der Waals surface area (Å²) in [7, 11) is 0. The third-order valence-corrected chi connectivity index (χ3v) is 4.14. The molecule has 106 valence electrons. The largest absolute Gasteiger partial charge is 0.314 e. The topological polar surface area (TPSA) is 15.3 Å². The van der Waals surface area contributed by atoms with Gasteiger partial charge in [-0.1, -0.05) is 49.9 Å². The van der Waals surface area contributed by atoms with Crippen LogP contribution < -0.4 is 5.32 Å². The summed E-state index contributed by atoms with van der Waals surface area (Å²) in [5, 5.41) is 4.29. The van der Waals surface area contributed by atoms with E-state index in [1.807, 2.05) is 6.07 Å². The maximum Gasteiger partial charge on any atom is 0.0409 e. The molecular weight excluding hydrogens is 256 g/mol. The summed E-state index contributed by atoms with van der Waals surface area (Å²) in [5.74, 6) is 0. The third-order valence-electron chi connectivity index (χ3n) is 3.91. The second kappa shape index (κ2) is 7.88. The summed E-state index contributed by atoms with van der Waals surface area (Å²) in [5.41, 5.74) is 1.38. The van der Waals surface area contributed by atoms with Gasteiger partial charge >= 0.3 is 0 Å². The predicted molar refractivity (Wildman–Crippen MR) is 82.8 cm³/mol. The molecule has 1 aliphatic heterocycles. The van der Waals surface area contributed by atoms with Crippen LogP contribution in [0.4, 0.5) is 0 Å². The van der Waals surface area contributed by atoms with Crippen molar-refractivity contribution in [1.29, 1.82) is 0 Å². The number of nitrogens with zero attached hydrogens (tertiary/aromatic N) is 1. The standard InChI is InChI=1S/C16H25ClN2/c1-2-3-4-8-16(19-11-9-18-10-12-19)14-6-5-7-15(17)13-14/h5-7,13,16,18H,2-4,8-12H2,1H3/t16-/m0/s1. The van der Waals surface area contributed by atoms with E-state index in [2.05, 4.69) is 35.3 Å². The van der Waals surface area contributed by atoms with E-state index in [1.54, 1.807) is 0 Å². The highest BCUT2D eigenvalue weighted by Gasteiger charge is 2.21. The smallest absolute Gasteiger partial charge is 0.0409 e. The van der Waals surface area contributed by atoms with Crippen LogP contribution in [0, 0.1) is 0 Å². The number of hydrogen-bond donors (Lipinski definition) is 1. The maximum absolute atomic E-state index is 6.16. The molecule has 1 N–H and O–H groups in total. The van der Waals surface area contributed by atoms with E-state index in [-0.39, 0.29) is 0 Å². The minimum Gasteiger partial charge on any atom is -0.314 e. The number of nitrogens with one attached hydrogen (secondary N) is 1. The van der Waals surface area contributed by atoms with Crippen LogP contribution in [0.3, 0.4) is 0 Å². The Morgan fingerprint density at radius 1 is 1.26 bits per heavy atom. The summed E-state index contributed by atoms with van der Waals surface area (Å²) in [4.78, 5) is 2.61. The van der Waals surface area contributed by atoms with Gasteiger partial charge in [0.25, 0.3) is 0 Å². The van der Waals surface area contributed by atoms with Crippen LogP contribution in [0.25, 0.3) is 0 Å². The minimum absolute atomic E-state index is 0.535. The molecule has 0 saturated carbocycles. The van der Waals surface area contributed by atoms with E-state index in [0.717, 1.165) is 31.2 Å². The highest BCUT2D eigenvalue weighted by molar-refractivity contribution is 6.30. The Balaban J connectivity index is 2.08. The van der Waals surface area contributed by atoms with E-state index in [1.165, 1.54) is 31.2 Å². The predicted octanol–water partition coefficient (Wildman–Crippen LogP) is 3.87. The second-order valence-corrected chi connectivity index (χ2v) is 5.79. The normalized spacial score (nSPS) is 18.4. The van der Waals surface area contributed by atoms with Crippen molar-refractivity contribution < 1.29 is 0 Å².